The Hall–Kier alpha value is -2.83. The van der Waals surface area contributed by atoms with E-state index in [-0.39, 0.29) is 24.2 Å². The zero-order valence-corrected chi connectivity index (χ0v) is 16.6. The average Bonchev–Trinajstić information content (AvgIpc) is 3.17. The van der Waals surface area contributed by atoms with Gasteiger partial charge in [-0.1, -0.05) is 11.2 Å². The number of hydrogen-bond acceptors (Lipinski definition) is 6. The van der Waals surface area contributed by atoms with Gasteiger partial charge in [0.2, 0.25) is 0 Å². The molecular weight excluding hydrogens is 360 g/mol. The SMILES string of the molecule is CCOC(=O)[C@@H]1CCCCN1C(=O)c1cc(COc2ccc(C)c(C)c2)on1. The Morgan fingerprint density at radius 2 is 2.04 bits per heavy atom. The van der Waals surface area contributed by atoms with Crippen LogP contribution in [-0.4, -0.2) is 41.1 Å². The molecule has 2 aromatic rings. The fourth-order valence-corrected chi connectivity index (χ4v) is 3.25. The number of benzene rings is 1. The first-order valence-corrected chi connectivity index (χ1v) is 9.63. The number of amides is 1. The Morgan fingerprint density at radius 3 is 2.79 bits per heavy atom. The van der Waals surface area contributed by atoms with Crippen LogP contribution < -0.4 is 4.74 Å². The van der Waals surface area contributed by atoms with E-state index in [2.05, 4.69) is 5.16 Å². The molecule has 1 aromatic carbocycles. The number of aryl methyl sites for hydroxylation is 2. The summed E-state index contributed by atoms with van der Waals surface area (Å²) >= 11 is 0. The Balaban J connectivity index is 1.65. The van der Waals surface area contributed by atoms with E-state index in [1.807, 2.05) is 32.0 Å². The monoisotopic (exact) mass is 386 g/mol. The molecular formula is C21H26N2O5. The highest BCUT2D eigenvalue weighted by Crippen LogP contribution is 2.22. The first kappa shape index (κ1) is 19.9. The third kappa shape index (κ3) is 4.52. The molecule has 150 valence electrons. The highest BCUT2D eigenvalue weighted by Gasteiger charge is 2.34. The number of hydrogen-bond donors (Lipinski definition) is 0. The largest absolute Gasteiger partial charge is 0.486 e. The van der Waals surface area contributed by atoms with E-state index in [1.54, 1.807) is 13.0 Å². The minimum atomic E-state index is -0.562. The third-order valence-corrected chi connectivity index (χ3v) is 4.96. The number of carbonyl (C=O) groups excluding carboxylic acids is 2. The van der Waals surface area contributed by atoms with Crippen LogP contribution in [0, 0.1) is 13.8 Å². The van der Waals surface area contributed by atoms with Crippen LogP contribution in [0.4, 0.5) is 0 Å². The summed E-state index contributed by atoms with van der Waals surface area (Å²) in [5.74, 6) is 0.494. The van der Waals surface area contributed by atoms with Crippen LogP contribution >= 0.6 is 0 Å². The number of carbonyl (C=O) groups is 2. The van der Waals surface area contributed by atoms with E-state index in [4.69, 9.17) is 14.0 Å². The van der Waals surface area contributed by atoms with Gasteiger partial charge in [0.25, 0.3) is 5.91 Å². The minimum absolute atomic E-state index is 0.171. The lowest BCUT2D eigenvalue weighted by Crippen LogP contribution is -2.48. The molecule has 1 aliphatic heterocycles. The second-order valence-corrected chi connectivity index (χ2v) is 6.98. The molecule has 28 heavy (non-hydrogen) atoms. The van der Waals surface area contributed by atoms with Gasteiger partial charge in [-0.05, 0) is 63.3 Å². The van der Waals surface area contributed by atoms with Gasteiger partial charge in [0.05, 0.1) is 6.61 Å². The lowest BCUT2D eigenvalue weighted by molar-refractivity contribution is -0.149. The van der Waals surface area contributed by atoms with Gasteiger partial charge < -0.3 is 18.9 Å². The van der Waals surface area contributed by atoms with Crippen molar-refractivity contribution in [1.82, 2.24) is 10.1 Å². The molecule has 0 radical (unpaired) electrons. The number of aromatic nitrogens is 1. The van der Waals surface area contributed by atoms with Gasteiger partial charge in [0, 0.05) is 12.6 Å². The number of likely N-dealkylation sites (tertiary alicyclic amines) is 1. The van der Waals surface area contributed by atoms with Gasteiger partial charge in [-0.15, -0.1) is 0 Å². The summed E-state index contributed by atoms with van der Waals surface area (Å²) in [5, 5.41) is 3.88. The second kappa shape index (κ2) is 8.91. The first-order chi connectivity index (χ1) is 13.5. The summed E-state index contributed by atoms with van der Waals surface area (Å²) in [4.78, 5) is 26.6. The van der Waals surface area contributed by atoms with Crippen molar-refractivity contribution in [2.24, 2.45) is 0 Å². The van der Waals surface area contributed by atoms with Crippen LogP contribution in [0.5, 0.6) is 5.75 Å². The Labute approximate surface area is 164 Å². The van der Waals surface area contributed by atoms with E-state index in [1.165, 1.54) is 10.5 Å². The van der Waals surface area contributed by atoms with Gasteiger partial charge >= 0.3 is 5.97 Å². The summed E-state index contributed by atoms with van der Waals surface area (Å²) in [6.45, 7) is 6.78. The smallest absolute Gasteiger partial charge is 0.328 e. The molecule has 1 fully saturated rings. The highest BCUT2D eigenvalue weighted by atomic mass is 16.5. The zero-order chi connectivity index (χ0) is 20.1. The molecule has 1 aromatic heterocycles. The minimum Gasteiger partial charge on any atom is -0.486 e. The standard InChI is InChI=1S/C21H26N2O5/c1-4-26-21(25)19-7-5-6-10-23(19)20(24)18-12-17(28-22-18)13-27-16-9-8-14(2)15(3)11-16/h8-9,11-12,19H,4-7,10,13H2,1-3H3/t19-/m0/s1. The number of esters is 1. The first-order valence-electron chi connectivity index (χ1n) is 9.63. The molecule has 7 heteroatoms. The van der Waals surface area contributed by atoms with E-state index >= 15 is 0 Å². The van der Waals surface area contributed by atoms with Crippen LogP contribution in [0.25, 0.3) is 0 Å². The molecule has 0 spiro atoms. The van der Waals surface area contributed by atoms with Gasteiger partial charge in [-0.3, -0.25) is 4.79 Å². The number of piperidine rings is 1. The summed E-state index contributed by atoms with van der Waals surface area (Å²) in [6, 6.07) is 6.84. The van der Waals surface area contributed by atoms with E-state index in [0.717, 1.165) is 24.2 Å². The molecule has 0 aliphatic carbocycles. The molecule has 1 aliphatic rings. The van der Waals surface area contributed by atoms with Crippen LogP contribution in [0.15, 0.2) is 28.8 Å². The van der Waals surface area contributed by atoms with Crippen molar-refractivity contribution < 1.29 is 23.6 Å². The molecule has 1 atom stereocenters. The fraction of sp³-hybridized carbons (Fsp3) is 0.476. The molecule has 7 nitrogen and oxygen atoms in total. The lowest BCUT2D eigenvalue weighted by Gasteiger charge is -2.33. The van der Waals surface area contributed by atoms with Crippen molar-refractivity contribution in [3.8, 4) is 5.75 Å². The summed E-state index contributed by atoms with van der Waals surface area (Å²) in [6.07, 6.45) is 2.34. The predicted octanol–water partition coefficient (Wildman–Crippen LogP) is 3.43. The summed E-state index contributed by atoms with van der Waals surface area (Å²) < 4.78 is 16.1. The van der Waals surface area contributed by atoms with E-state index in [0.29, 0.717) is 25.3 Å². The van der Waals surface area contributed by atoms with E-state index < -0.39 is 6.04 Å². The molecule has 3 rings (SSSR count). The number of ether oxygens (including phenoxy) is 2. The number of nitrogens with zero attached hydrogens (tertiary/aromatic N) is 2. The quantitative estimate of drug-likeness (QED) is 0.708. The van der Waals surface area contributed by atoms with Crippen molar-refractivity contribution >= 4 is 11.9 Å². The molecule has 0 saturated carbocycles. The van der Waals surface area contributed by atoms with Gasteiger partial charge in [0.15, 0.2) is 11.5 Å². The third-order valence-electron chi connectivity index (χ3n) is 4.96. The summed E-state index contributed by atoms with van der Waals surface area (Å²) in [5.41, 5.74) is 2.51. The van der Waals surface area contributed by atoms with Gasteiger partial charge in [-0.25, -0.2) is 4.79 Å². The molecule has 0 unspecified atom stereocenters. The Morgan fingerprint density at radius 1 is 1.21 bits per heavy atom. The Bertz CT molecular complexity index is 845. The van der Waals surface area contributed by atoms with Crippen molar-refractivity contribution in [3.63, 3.8) is 0 Å². The van der Waals surface area contributed by atoms with Crippen molar-refractivity contribution in [2.75, 3.05) is 13.2 Å². The van der Waals surface area contributed by atoms with Crippen LogP contribution in [0.3, 0.4) is 0 Å². The van der Waals surface area contributed by atoms with Crippen LogP contribution in [0.1, 0.15) is 53.6 Å². The lowest BCUT2D eigenvalue weighted by atomic mass is 10.0. The maximum absolute atomic E-state index is 12.8. The predicted molar refractivity (Wildman–Crippen MR) is 102 cm³/mol. The normalized spacial score (nSPS) is 16.7. The van der Waals surface area contributed by atoms with Crippen molar-refractivity contribution in [3.05, 3.63) is 46.8 Å². The Kier molecular flexibility index (Phi) is 6.34. The maximum atomic E-state index is 12.8. The van der Waals surface area contributed by atoms with Crippen LogP contribution in [-0.2, 0) is 16.1 Å². The van der Waals surface area contributed by atoms with Gasteiger partial charge in [0.1, 0.15) is 18.4 Å². The molecule has 2 heterocycles. The molecule has 1 amide bonds. The van der Waals surface area contributed by atoms with Gasteiger partial charge in [-0.2, -0.15) is 0 Å². The maximum Gasteiger partial charge on any atom is 0.328 e. The second-order valence-electron chi connectivity index (χ2n) is 6.98. The molecule has 1 saturated heterocycles. The molecule has 0 N–H and O–H groups in total. The topological polar surface area (TPSA) is 81.9 Å². The van der Waals surface area contributed by atoms with Crippen LogP contribution in [0.2, 0.25) is 0 Å². The van der Waals surface area contributed by atoms with Crippen molar-refractivity contribution in [1.29, 1.82) is 0 Å². The zero-order valence-electron chi connectivity index (χ0n) is 16.6. The summed E-state index contributed by atoms with van der Waals surface area (Å²) in [7, 11) is 0. The molecule has 0 bridgehead atoms. The highest BCUT2D eigenvalue weighted by molar-refractivity contribution is 5.95. The van der Waals surface area contributed by atoms with Crippen molar-refractivity contribution in [2.45, 2.75) is 52.7 Å². The number of rotatable bonds is 6. The average molecular weight is 386 g/mol. The fourth-order valence-electron chi connectivity index (χ4n) is 3.25. The van der Waals surface area contributed by atoms with E-state index in [9.17, 15) is 9.59 Å².